The quantitative estimate of drug-likeness (QED) is 0.144. The van der Waals surface area contributed by atoms with Gasteiger partial charge in [-0.2, -0.15) is 0 Å². The second kappa shape index (κ2) is 19.1. The van der Waals surface area contributed by atoms with Crippen molar-refractivity contribution in [3.05, 3.63) is 145 Å². The van der Waals surface area contributed by atoms with Crippen molar-refractivity contribution in [3.8, 4) is 11.5 Å². The summed E-state index contributed by atoms with van der Waals surface area (Å²) in [6.45, 7) is 12.7. The number of nitrogens with zero attached hydrogens (tertiary/aromatic N) is 2. The highest BCUT2D eigenvalue weighted by Crippen LogP contribution is 2.25. The van der Waals surface area contributed by atoms with Crippen molar-refractivity contribution in [3.63, 3.8) is 0 Å². The summed E-state index contributed by atoms with van der Waals surface area (Å²) in [4.78, 5) is 52.9. The van der Waals surface area contributed by atoms with Crippen molar-refractivity contribution < 1.29 is 28.7 Å². The number of carbonyl (C=O) groups is 4. The molecule has 56 heavy (non-hydrogen) atoms. The largest absolute Gasteiger partial charge is 0.415 e. The summed E-state index contributed by atoms with van der Waals surface area (Å²) < 4.78 is 10.8. The monoisotopic (exact) mass is 752 g/mol. The van der Waals surface area contributed by atoms with E-state index in [4.69, 9.17) is 9.47 Å². The number of benzene rings is 6. The number of rotatable bonds is 10. The molecule has 6 aromatic rings. The van der Waals surface area contributed by atoms with Crippen LogP contribution in [0.2, 0.25) is 0 Å². The fourth-order valence-corrected chi connectivity index (χ4v) is 6.23. The van der Waals surface area contributed by atoms with Gasteiger partial charge in [0, 0.05) is 58.4 Å². The molecule has 0 unspecified atom stereocenters. The van der Waals surface area contributed by atoms with E-state index < -0.39 is 12.2 Å². The molecule has 0 bridgehead atoms. The minimum Gasteiger partial charge on any atom is -0.410 e. The molecule has 10 heteroatoms. The molecule has 6 aromatic carbocycles. The number of ether oxygens (including phenoxy) is 2. The van der Waals surface area contributed by atoms with Gasteiger partial charge >= 0.3 is 12.2 Å². The number of anilines is 2. The molecule has 0 atom stereocenters. The molecule has 0 saturated heterocycles. The van der Waals surface area contributed by atoms with Crippen molar-refractivity contribution in [2.75, 3.05) is 23.7 Å². The zero-order valence-electron chi connectivity index (χ0n) is 32.6. The molecule has 0 spiro atoms. The molecule has 0 aromatic heterocycles. The summed E-state index contributed by atoms with van der Waals surface area (Å²) in [5, 5.41) is 9.99. The van der Waals surface area contributed by atoms with Crippen LogP contribution in [0, 0.1) is 0 Å². The fourth-order valence-electron chi connectivity index (χ4n) is 6.23. The molecule has 288 valence electrons. The first kappa shape index (κ1) is 40.5. The Balaban J connectivity index is 0.000000215. The Morgan fingerprint density at radius 2 is 0.875 bits per heavy atom. The van der Waals surface area contributed by atoms with Gasteiger partial charge in [0.05, 0.1) is 0 Å². The lowest BCUT2D eigenvalue weighted by Crippen LogP contribution is -2.43. The Kier molecular flexibility index (Phi) is 13.8. The number of carbonyl (C=O) groups excluding carboxylic acids is 4. The first-order chi connectivity index (χ1) is 27.0. The predicted molar refractivity (Wildman–Crippen MR) is 224 cm³/mol. The van der Waals surface area contributed by atoms with Gasteiger partial charge in [-0.25, -0.2) is 9.59 Å². The van der Waals surface area contributed by atoms with E-state index >= 15 is 0 Å². The van der Waals surface area contributed by atoms with E-state index in [-0.39, 0.29) is 23.9 Å². The Morgan fingerprint density at radius 1 is 0.500 bits per heavy atom. The third kappa shape index (κ3) is 10.3. The molecule has 10 nitrogen and oxygen atoms in total. The highest BCUT2D eigenvalue weighted by Gasteiger charge is 2.22. The molecule has 2 N–H and O–H groups in total. The summed E-state index contributed by atoms with van der Waals surface area (Å²) in [5.41, 5.74) is 2.50. The summed E-state index contributed by atoms with van der Waals surface area (Å²) in [6.07, 6.45) is -0.795. The number of hydrogen-bond donors (Lipinski definition) is 2. The van der Waals surface area contributed by atoms with Crippen LogP contribution in [0.3, 0.4) is 0 Å². The Labute approximate surface area is 328 Å². The Morgan fingerprint density at radius 3 is 1.27 bits per heavy atom. The Hall–Kier alpha value is -6.68. The zero-order chi connectivity index (χ0) is 40.2. The van der Waals surface area contributed by atoms with Crippen LogP contribution in [0.1, 0.15) is 62.3 Å². The topological polar surface area (TPSA) is 117 Å². The lowest BCUT2D eigenvalue weighted by Gasteiger charge is -2.29. The third-order valence-corrected chi connectivity index (χ3v) is 9.06. The molecule has 0 aliphatic rings. The third-order valence-electron chi connectivity index (χ3n) is 9.06. The normalized spacial score (nSPS) is 10.7. The predicted octanol–water partition coefficient (Wildman–Crippen LogP) is 10.6. The minimum atomic E-state index is -0.400. The van der Waals surface area contributed by atoms with Crippen LogP contribution in [-0.2, 0) is 0 Å². The van der Waals surface area contributed by atoms with Gasteiger partial charge in [-0.3, -0.25) is 9.59 Å². The van der Waals surface area contributed by atoms with Gasteiger partial charge in [-0.1, -0.05) is 72.8 Å². The van der Waals surface area contributed by atoms with Crippen LogP contribution < -0.4 is 20.1 Å². The standard InChI is InChI=1S/C24H26N2O3.C22H22N2O3/c1-16(2)26(17(3)4)24(28)29-20-14-12-19(13-15-20)23(27)25-22-11-7-9-18-8-5-6-10-21(18)22;1-3-24(4-2)22(26)27-18-14-12-17(13-15-18)21(25)23-20-11-7-9-16-8-5-6-10-19(16)20/h5-17H,1-4H3,(H,25,27);5-15H,3-4H2,1-2H3,(H,23,25). The van der Waals surface area contributed by atoms with Crippen LogP contribution in [0.25, 0.3) is 21.5 Å². The second-order valence-electron chi connectivity index (χ2n) is 13.5. The SMILES string of the molecule is CC(C)N(C(=O)Oc1ccc(C(=O)Nc2cccc3ccccc23)cc1)C(C)C.CCN(CC)C(=O)Oc1ccc(C(=O)Nc2cccc3ccccc23)cc1. The average molecular weight is 753 g/mol. The van der Waals surface area contributed by atoms with E-state index in [1.807, 2.05) is 126 Å². The van der Waals surface area contributed by atoms with Crippen molar-refractivity contribution in [2.24, 2.45) is 0 Å². The lowest BCUT2D eigenvalue weighted by molar-refractivity contribution is 0.101. The molecule has 0 saturated carbocycles. The number of fused-ring (bicyclic) bond motifs is 2. The molecule has 4 amide bonds. The maximum atomic E-state index is 12.7. The Bertz CT molecular complexity index is 2260. The molecule has 0 aliphatic carbocycles. The molecule has 0 heterocycles. The van der Waals surface area contributed by atoms with E-state index in [1.54, 1.807) is 58.3 Å². The van der Waals surface area contributed by atoms with Crippen molar-refractivity contribution >= 4 is 56.9 Å². The first-order valence-corrected chi connectivity index (χ1v) is 18.7. The molecule has 0 fully saturated rings. The van der Waals surface area contributed by atoms with E-state index in [9.17, 15) is 19.2 Å². The van der Waals surface area contributed by atoms with Crippen LogP contribution in [0.5, 0.6) is 11.5 Å². The first-order valence-electron chi connectivity index (χ1n) is 18.7. The fraction of sp³-hybridized carbons (Fsp3) is 0.217. The van der Waals surface area contributed by atoms with E-state index in [2.05, 4.69) is 10.6 Å². The molecule has 6 rings (SSSR count). The minimum absolute atomic E-state index is 0.0354. The van der Waals surface area contributed by atoms with Gasteiger partial charge in [-0.05, 0) is 113 Å². The van der Waals surface area contributed by atoms with E-state index in [0.717, 1.165) is 32.9 Å². The summed E-state index contributed by atoms with van der Waals surface area (Å²) in [7, 11) is 0. The highest BCUT2D eigenvalue weighted by molar-refractivity contribution is 6.10. The van der Waals surface area contributed by atoms with Crippen molar-refractivity contribution in [1.29, 1.82) is 0 Å². The number of hydrogen-bond acceptors (Lipinski definition) is 6. The lowest BCUT2D eigenvalue weighted by atomic mass is 10.1. The van der Waals surface area contributed by atoms with Gasteiger partial charge in [0.25, 0.3) is 11.8 Å². The van der Waals surface area contributed by atoms with E-state index in [0.29, 0.717) is 35.7 Å². The summed E-state index contributed by atoms with van der Waals surface area (Å²) in [5.74, 6) is 0.384. The van der Waals surface area contributed by atoms with Gasteiger partial charge < -0.3 is 29.9 Å². The number of nitrogens with one attached hydrogen (secondary N) is 2. The highest BCUT2D eigenvalue weighted by atomic mass is 16.6. The molecule has 0 radical (unpaired) electrons. The average Bonchev–Trinajstić information content (AvgIpc) is 3.19. The maximum absolute atomic E-state index is 12.7. The van der Waals surface area contributed by atoms with Gasteiger partial charge in [0.2, 0.25) is 0 Å². The molecule has 0 aliphatic heterocycles. The molecular formula is C46H48N4O6. The van der Waals surface area contributed by atoms with Gasteiger partial charge in [-0.15, -0.1) is 0 Å². The summed E-state index contributed by atoms with van der Waals surface area (Å²) in [6, 6.07) is 40.5. The summed E-state index contributed by atoms with van der Waals surface area (Å²) >= 11 is 0. The molecular weight excluding hydrogens is 705 g/mol. The second-order valence-corrected chi connectivity index (χ2v) is 13.5. The maximum Gasteiger partial charge on any atom is 0.415 e. The van der Waals surface area contributed by atoms with Crippen LogP contribution >= 0.6 is 0 Å². The van der Waals surface area contributed by atoms with Crippen LogP contribution in [0.4, 0.5) is 21.0 Å². The van der Waals surface area contributed by atoms with E-state index in [1.165, 1.54) is 0 Å². The van der Waals surface area contributed by atoms with Crippen molar-refractivity contribution in [1.82, 2.24) is 9.80 Å². The van der Waals surface area contributed by atoms with Crippen LogP contribution in [0.15, 0.2) is 133 Å². The van der Waals surface area contributed by atoms with Crippen LogP contribution in [-0.4, -0.2) is 59.0 Å². The van der Waals surface area contributed by atoms with Gasteiger partial charge in [0.15, 0.2) is 0 Å². The smallest absolute Gasteiger partial charge is 0.410 e. The van der Waals surface area contributed by atoms with Gasteiger partial charge in [0.1, 0.15) is 11.5 Å². The zero-order valence-corrected chi connectivity index (χ0v) is 32.6. The van der Waals surface area contributed by atoms with Crippen molar-refractivity contribution in [2.45, 2.75) is 53.6 Å². The number of amides is 4.